The number of rotatable bonds is 1. The Hall–Kier alpha value is -1.91. The minimum absolute atomic E-state index is 0.0909. The second-order valence-electron chi connectivity index (χ2n) is 4.69. The van der Waals surface area contributed by atoms with Crippen molar-refractivity contribution in [2.45, 2.75) is 19.0 Å². The molecule has 3 rings (SSSR count). The second kappa shape index (κ2) is 4.08. The number of nitrogens with two attached hydrogens (primary N) is 2. The van der Waals surface area contributed by atoms with Crippen LogP contribution >= 0.6 is 0 Å². The molecule has 1 heterocycles. The molecule has 5 N–H and O–H groups in total. The van der Waals surface area contributed by atoms with Crippen molar-refractivity contribution in [3.05, 3.63) is 47.8 Å². The van der Waals surface area contributed by atoms with Crippen molar-refractivity contribution in [3.63, 3.8) is 0 Å². The van der Waals surface area contributed by atoms with Gasteiger partial charge in [-0.3, -0.25) is 0 Å². The fourth-order valence-electron chi connectivity index (χ4n) is 2.23. The highest BCUT2D eigenvalue weighted by Gasteiger charge is 2.14. The Balaban J connectivity index is 2.04. The zero-order chi connectivity index (χ0) is 12.7. The maximum Gasteiger partial charge on any atom is 0.104 e. The number of aromatic nitrogens is 2. The molecule has 1 aromatic carbocycles. The Labute approximate surface area is 105 Å². The molecule has 1 aliphatic carbocycles. The van der Waals surface area contributed by atoms with Crippen LogP contribution in [0.25, 0.3) is 16.6 Å². The van der Waals surface area contributed by atoms with Crippen LogP contribution in [0.2, 0.25) is 0 Å². The molecule has 0 amide bonds. The van der Waals surface area contributed by atoms with Gasteiger partial charge in [0.15, 0.2) is 0 Å². The molecule has 0 bridgehead atoms. The van der Waals surface area contributed by atoms with Gasteiger partial charge in [-0.25, -0.2) is 4.98 Å². The minimum Gasteiger partial charge on any atom is -0.342 e. The summed E-state index contributed by atoms with van der Waals surface area (Å²) in [5.74, 6) is 0.925. The van der Waals surface area contributed by atoms with Crippen LogP contribution in [-0.4, -0.2) is 22.1 Å². The van der Waals surface area contributed by atoms with E-state index in [0.717, 1.165) is 28.0 Å². The van der Waals surface area contributed by atoms with Crippen LogP contribution in [0.1, 0.15) is 11.4 Å². The van der Waals surface area contributed by atoms with Gasteiger partial charge in [-0.05, 0) is 30.2 Å². The summed E-state index contributed by atoms with van der Waals surface area (Å²) in [5, 5.41) is 0. The molecular weight excluding hydrogens is 224 g/mol. The van der Waals surface area contributed by atoms with Gasteiger partial charge in [0.25, 0.3) is 0 Å². The van der Waals surface area contributed by atoms with Gasteiger partial charge in [0, 0.05) is 12.1 Å². The molecule has 0 saturated carbocycles. The summed E-state index contributed by atoms with van der Waals surface area (Å²) in [7, 11) is 0. The lowest BCUT2D eigenvalue weighted by atomic mass is 9.94. The van der Waals surface area contributed by atoms with Crippen molar-refractivity contribution in [1.82, 2.24) is 9.97 Å². The topological polar surface area (TPSA) is 80.7 Å². The van der Waals surface area contributed by atoms with Crippen molar-refractivity contribution < 1.29 is 0 Å². The lowest BCUT2D eigenvalue weighted by Crippen LogP contribution is -2.39. The molecule has 92 valence electrons. The number of imidazole rings is 1. The number of allylic oxidation sites excluding steroid dienone is 2. The standard InChI is InChI=1S/C14H16N4/c1-8-17-13-5-3-10(7-14(13)18-8)9-2-4-11(15)12(16)6-9/h2-7,11-12H,15-16H2,1H3,(H,17,18). The van der Waals surface area contributed by atoms with E-state index >= 15 is 0 Å². The van der Waals surface area contributed by atoms with Crippen molar-refractivity contribution in [1.29, 1.82) is 0 Å². The molecule has 0 aliphatic heterocycles. The van der Waals surface area contributed by atoms with E-state index in [2.05, 4.69) is 22.1 Å². The van der Waals surface area contributed by atoms with Crippen LogP contribution in [0.4, 0.5) is 0 Å². The largest absolute Gasteiger partial charge is 0.342 e. The van der Waals surface area contributed by atoms with Crippen LogP contribution in [0.3, 0.4) is 0 Å². The van der Waals surface area contributed by atoms with Crippen molar-refractivity contribution in [2.24, 2.45) is 11.5 Å². The van der Waals surface area contributed by atoms with Gasteiger partial charge in [-0.1, -0.05) is 24.3 Å². The van der Waals surface area contributed by atoms with Crippen molar-refractivity contribution in [2.75, 3.05) is 0 Å². The van der Waals surface area contributed by atoms with Crippen molar-refractivity contribution in [3.8, 4) is 0 Å². The fourth-order valence-corrected chi connectivity index (χ4v) is 2.23. The molecule has 2 atom stereocenters. The van der Waals surface area contributed by atoms with Crippen LogP contribution < -0.4 is 11.5 Å². The van der Waals surface area contributed by atoms with Gasteiger partial charge >= 0.3 is 0 Å². The highest BCUT2D eigenvalue weighted by Crippen LogP contribution is 2.23. The second-order valence-corrected chi connectivity index (χ2v) is 4.69. The minimum atomic E-state index is -0.121. The van der Waals surface area contributed by atoms with Gasteiger partial charge in [-0.15, -0.1) is 0 Å². The molecule has 1 aliphatic rings. The summed E-state index contributed by atoms with van der Waals surface area (Å²) in [5.41, 5.74) is 16.1. The van der Waals surface area contributed by atoms with E-state index in [1.54, 1.807) is 0 Å². The summed E-state index contributed by atoms with van der Waals surface area (Å²) in [6.45, 7) is 1.95. The predicted molar refractivity (Wildman–Crippen MR) is 73.9 cm³/mol. The Bertz CT molecular complexity index is 651. The number of nitrogens with one attached hydrogen (secondary N) is 1. The van der Waals surface area contributed by atoms with Crippen LogP contribution in [0.15, 0.2) is 36.4 Å². The van der Waals surface area contributed by atoms with Crippen LogP contribution in [0.5, 0.6) is 0 Å². The van der Waals surface area contributed by atoms with E-state index < -0.39 is 0 Å². The fraction of sp³-hybridized carbons (Fsp3) is 0.214. The van der Waals surface area contributed by atoms with E-state index in [1.807, 2.05) is 31.2 Å². The number of hydrogen-bond acceptors (Lipinski definition) is 3. The number of aryl methyl sites for hydroxylation is 1. The van der Waals surface area contributed by atoms with Crippen LogP contribution in [-0.2, 0) is 0 Å². The summed E-state index contributed by atoms with van der Waals surface area (Å²) in [6, 6.07) is 5.96. The molecule has 4 nitrogen and oxygen atoms in total. The van der Waals surface area contributed by atoms with Gasteiger partial charge in [0.05, 0.1) is 11.0 Å². The monoisotopic (exact) mass is 240 g/mol. The lowest BCUT2D eigenvalue weighted by molar-refractivity contribution is 0.701. The molecule has 0 saturated heterocycles. The average Bonchev–Trinajstić information content (AvgIpc) is 2.71. The van der Waals surface area contributed by atoms with E-state index in [1.165, 1.54) is 0 Å². The molecule has 2 unspecified atom stereocenters. The molecule has 2 aromatic rings. The summed E-state index contributed by atoms with van der Waals surface area (Å²) in [4.78, 5) is 7.63. The first kappa shape index (κ1) is 11.2. The Morgan fingerprint density at radius 1 is 1.22 bits per heavy atom. The zero-order valence-corrected chi connectivity index (χ0v) is 10.2. The maximum absolute atomic E-state index is 5.95. The summed E-state index contributed by atoms with van der Waals surface area (Å²) < 4.78 is 0. The van der Waals surface area contributed by atoms with Gasteiger partial charge in [0.1, 0.15) is 5.82 Å². The number of H-pyrrole nitrogens is 1. The number of fused-ring (bicyclic) bond motifs is 1. The highest BCUT2D eigenvalue weighted by atomic mass is 14.9. The van der Waals surface area contributed by atoms with E-state index in [0.29, 0.717) is 0 Å². The average molecular weight is 240 g/mol. The number of hydrogen-bond donors (Lipinski definition) is 3. The SMILES string of the molecule is Cc1nc2ccc(C3=CC(N)C(N)C=C3)cc2[nH]1. The Morgan fingerprint density at radius 3 is 2.83 bits per heavy atom. The smallest absolute Gasteiger partial charge is 0.104 e. The first-order chi connectivity index (χ1) is 8.63. The predicted octanol–water partition coefficient (Wildman–Crippen LogP) is 1.48. The number of aromatic amines is 1. The summed E-state index contributed by atoms with van der Waals surface area (Å²) >= 11 is 0. The normalized spacial score (nSPS) is 23.4. The van der Waals surface area contributed by atoms with Gasteiger partial charge in [-0.2, -0.15) is 0 Å². The van der Waals surface area contributed by atoms with E-state index in [-0.39, 0.29) is 12.1 Å². The third kappa shape index (κ3) is 1.85. The Kier molecular flexibility index (Phi) is 2.54. The molecule has 18 heavy (non-hydrogen) atoms. The molecular formula is C14H16N4. The van der Waals surface area contributed by atoms with Crippen molar-refractivity contribution >= 4 is 16.6 Å². The lowest BCUT2D eigenvalue weighted by Gasteiger charge is -2.19. The molecule has 0 fully saturated rings. The molecule has 4 heteroatoms. The number of nitrogens with zero attached hydrogens (tertiary/aromatic N) is 1. The molecule has 0 radical (unpaired) electrons. The highest BCUT2D eigenvalue weighted by molar-refractivity contribution is 5.84. The third-order valence-corrected chi connectivity index (χ3v) is 3.25. The zero-order valence-electron chi connectivity index (χ0n) is 10.2. The number of benzene rings is 1. The first-order valence-corrected chi connectivity index (χ1v) is 6.01. The first-order valence-electron chi connectivity index (χ1n) is 6.01. The van der Waals surface area contributed by atoms with Crippen LogP contribution in [0, 0.1) is 6.92 Å². The molecule has 1 aromatic heterocycles. The maximum atomic E-state index is 5.95. The van der Waals surface area contributed by atoms with E-state index in [9.17, 15) is 0 Å². The molecule has 0 spiro atoms. The summed E-state index contributed by atoms with van der Waals surface area (Å²) in [6.07, 6.45) is 5.98. The Morgan fingerprint density at radius 2 is 2.06 bits per heavy atom. The third-order valence-electron chi connectivity index (χ3n) is 3.25. The van der Waals surface area contributed by atoms with Gasteiger partial charge < -0.3 is 16.5 Å². The quantitative estimate of drug-likeness (QED) is 0.706. The van der Waals surface area contributed by atoms with E-state index in [4.69, 9.17) is 11.5 Å². The van der Waals surface area contributed by atoms with Gasteiger partial charge in [0.2, 0.25) is 0 Å².